The van der Waals surface area contributed by atoms with Crippen LogP contribution in [0.25, 0.3) is 0 Å². The Morgan fingerprint density at radius 3 is 1.35 bits per heavy atom. The first kappa shape index (κ1) is 26.9. The highest BCUT2D eigenvalue weighted by Gasteiger charge is 2.28. The zero-order chi connectivity index (χ0) is 27.2. The van der Waals surface area contributed by atoms with Gasteiger partial charge >= 0.3 is 0 Å². The number of hydrogen-bond donors (Lipinski definition) is 0. The Kier molecular flexibility index (Phi) is 8.43. The smallest absolute Gasteiger partial charge is 0.0390 e. The molecule has 0 saturated carbocycles. The summed E-state index contributed by atoms with van der Waals surface area (Å²) in [6.45, 7) is 0. The van der Waals surface area contributed by atoms with Crippen molar-refractivity contribution >= 4 is 69.4 Å². The van der Waals surface area contributed by atoms with Crippen molar-refractivity contribution in [3.05, 3.63) is 170 Å². The van der Waals surface area contributed by atoms with Gasteiger partial charge in [0, 0.05) is 21.1 Å². The van der Waals surface area contributed by atoms with Gasteiger partial charge in [0.2, 0.25) is 0 Å². The molecule has 0 radical (unpaired) electrons. The normalized spacial score (nSPS) is 11.4. The summed E-state index contributed by atoms with van der Waals surface area (Å²) in [7, 11) is -0.726. The first-order valence-electron chi connectivity index (χ1n) is 13.2. The third-order valence-electron chi connectivity index (χ3n) is 6.80. The molecule has 0 aromatic heterocycles. The fourth-order valence-electron chi connectivity index (χ4n) is 4.93. The largest absolute Gasteiger partial charge is 0.0887 e. The van der Waals surface area contributed by atoms with Gasteiger partial charge in [-0.05, 0) is 46.6 Å². The SMILES string of the molecule is S=P(c1ccccc1)(c1ccccc1)c1ccccc1Sc1ccccc1P(c1ccccc1)c1ccccc1. The summed E-state index contributed by atoms with van der Waals surface area (Å²) in [6, 6.07) is 58.6. The third kappa shape index (κ3) is 5.51. The molecule has 0 N–H and O–H groups in total. The average Bonchev–Trinajstić information content (AvgIpc) is 3.04. The molecule has 0 nitrogen and oxygen atoms in total. The zero-order valence-corrected chi connectivity index (χ0v) is 25.3. The van der Waals surface area contributed by atoms with Crippen molar-refractivity contribution in [2.45, 2.75) is 9.79 Å². The van der Waals surface area contributed by atoms with E-state index in [1.54, 1.807) is 0 Å². The predicted molar refractivity (Wildman–Crippen MR) is 182 cm³/mol. The van der Waals surface area contributed by atoms with Crippen LogP contribution >= 0.6 is 25.7 Å². The van der Waals surface area contributed by atoms with Crippen molar-refractivity contribution < 1.29 is 0 Å². The van der Waals surface area contributed by atoms with Crippen LogP contribution in [0.3, 0.4) is 0 Å². The fourth-order valence-corrected chi connectivity index (χ4v) is 13.2. The first-order chi connectivity index (χ1) is 19.7. The van der Waals surface area contributed by atoms with Crippen LogP contribution in [0.5, 0.6) is 0 Å². The standard InChI is InChI=1S/C36H28P2S2/c39-38(31-21-9-3-10-22-31,32-23-11-4-12-24-32)34-26-14-16-28-36(34)40-35-27-15-13-25-33(35)37(29-17-5-1-6-18-29)30-19-7-2-8-20-30/h1-28H. The Hall–Kier alpha value is -3.25. The number of rotatable bonds is 8. The second-order valence-corrected chi connectivity index (χ2v) is 17.0. The molecule has 40 heavy (non-hydrogen) atoms. The Morgan fingerprint density at radius 2 is 0.825 bits per heavy atom. The van der Waals surface area contributed by atoms with E-state index in [1.807, 2.05) is 11.8 Å². The van der Waals surface area contributed by atoms with E-state index < -0.39 is 14.0 Å². The third-order valence-corrected chi connectivity index (χ3v) is 15.7. The van der Waals surface area contributed by atoms with Gasteiger partial charge in [0.15, 0.2) is 0 Å². The molecule has 0 spiro atoms. The van der Waals surface area contributed by atoms with Crippen molar-refractivity contribution in [2.75, 3.05) is 0 Å². The average molecular weight is 587 g/mol. The molecule has 0 bridgehead atoms. The molecule has 0 fully saturated rings. The molecule has 0 saturated heterocycles. The van der Waals surface area contributed by atoms with Crippen LogP contribution in [0.2, 0.25) is 0 Å². The Balaban J connectivity index is 1.50. The number of hydrogen-bond acceptors (Lipinski definition) is 2. The first-order valence-corrected chi connectivity index (χ1v) is 18.2. The highest BCUT2D eigenvalue weighted by molar-refractivity contribution is 8.25. The molecule has 0 aliphatic rings. The van der Waals surface area contributed by atoms with Crippen molar-refractivity contribution in [1.82, 2.24) is 0 Å². The molecule has 6 rings (SSSR count). The molecule has 6 aromatic carbocycles. The molecular formula is C36H28P2S2. The van der Waals surface area contributed by atoms with Crippen LogP contribution in [-0.4, -0.2) is 0 Å². The Bertz CT molecular complexity index is 1660. The lowest BCUT2D eigenvalue weighted by Gasteiger charge is -2.27. The van der Waals surface area contributed by atoms with Gasteiger partial charge < -0.3 is 0 Å². The van der Waals surface area contributed by atoms with E-state index in [1.165, 1.54) is 41.6 Å². The monoisotopic (exact) mass is 586 g/mol. The zero-order valence-electron chi connectivity index (χ0n) is 21.9. The quantitative estimate of drug-likeness (QED) is 0.171. The van der Waals surface area contributed by atoms with Gasteiger partial charge in [0.05, 0.1) is 0 Å². The Morgan fingerprint density at radius 1 is 0.425 bits per heavy atom. The van der Waals surface area contributed by atoms with Crippen LogP contribution < -0.4 is 31.8 Å². The molecule has 4 heteroatoms. The highest BCUT2D eigenvalue weighted by Crippen LogP contribution is 2.47. The fraction of sp³-hybridized carbons (Fsp3) is 0. The van der Waals surface area contributed by atoms with E-state index in [0.717, 1.165) is 0 Å². The topological polar surface area (TPSA) is 0 Å². The van der Waals surface area contributed by atoms with Crippen LogP contribution in [0.1, 0.15) is 0 Å². The molecule has 0 unspecified atom stereocenters. The minimum atomic E-state index is -2.29. The molecule has 0 aliphatic heterocycles. The summed E-state index contributed by atoms with van der Waals surface area (Å²) in [5, 5.41) is 7.74. The van der Waals surface area contributed by atoms with Crippen LogP contribution in [0.15, 0.2) is 180 Å². The predicted octanol–water partition coefficient (Wildman–Crippen LogP) is 7.35. The minimum Gasteiger partial charge on any atom is -0.0887 e. The second kappa shape index (κ2) is 12.5. The van der Waals surface area contributed by atoms with Crippen molar-refractivity contribution in [3.8, 4) is 0 Å². The summed E-state index contributed by atoms with van der Waals surface area (Å²) >= 11 is 8.60. The van der Waals surface area contributed by atoms with Gasteiger partial charge in [-0.3, -0.25) is 0 Å². The highest BCUT2D eigenvalue weighted by atomic mass is 32.4. The minimum absolute atomic E-state index is 0.726. The molecule has 0 atom stereocenters. The molecular weight excluding hydrogens is 558 g/mol. The van der Waals surface area contributed by atoms with Crippen LogP contribution in [-0.2, 0) is 11.8 Å². The van der Waals surface area contributed by atoms with E-state index in [-0.39, 0.29) is 0 Å². The summed E-state index contributed by atoms with van der Waals surface area (Å²) < 4.78 is 0. The molecule has 0 heterocycles. The van der Waals surface area contributed by atoms with Gasteiger partial charge in [-0.25, -0.2) is 0 Å². The van der Waals surface area contributed by atoms with E-state index in [0.29, 0.717) is 0 Å². The molecule has 0 aliphatic carbocycles. The van der Waals surface area contributed by atoms with E-state index in [4.69, 9.17) is 11.8 Å². The van der Waals surface area contributed by atoms with Gasteiger partial charge in [0.25, 0.3) is 0 Å². The summed E-state index contributed by atoms with van der Waals surface area (Å²) in [6.07, 6.45) is 0. The maximum atomic E-state index is 6.74. The van der Waals surface area contributed by atoms with Gasteiger partial charge in [-0.1, -0.05) is 181 Å². The van der Waals surface area contributed by atoms with E-state index in [9.17, 15) is 0 Å². The molecule has 194 valence electrons. The lowest BCUT2D eigenvalue weighted by atomic mass is 10.3. The van der Waals surface area contributed by atoms with Crippen molar-refractivity contribution in [2.24, 2.45) is 0 Å². The van der Waals surface area contributed by atoms with Gasteiger partial charge in [-0.15, -0.1) is 0 Å². The summed E-state index contributed by atoms with van der Waals surface area (Å²) in [4.78, 5) is 2.50. The van der Waals surface area contributed by atoms with Crippen molar-refractivity contribution in [1.29, 1.82) is 0 Å². The maximum absolute atomic E-state index is 6.74. The van der Waals surface area contributed by atoms with E-state index in [2.05, 4.69) is 170 Å². The second-order valence-electron chi connectivity index (χ2n) is 9.32. The van der Waals surface area contributed by atoms with Gasteiger partial charge in [-0.2, -0.15) is 0 Å². The maximum Gasteiger partial charge on any atom is 0.0390 e. The van der Waals surface area contributed by atoms with Crippen molar-refractivity contribution in [3.63, 3.8) is 0 Å². The van der Waals surface area contributed by atoms with E-state index >= 15 is 0 Å². The van der Waals surface area contributed by atoms with Crippen LogP contribution in [0.4, 0.5) is 0 Å². The Labute approximate surface area is 247 Å². The molecule has 6 aromatic rings. The summed E-state index contributed by atoms with van der Waals surface area (Å²) in [5.74, 6) is 0. The summed E-state index contributed by atoms with van der Waals surface area (Å²) in [5.41, 5.74) is 0. The van der Waals surface area contributed by atoms with Gasteiger partial charge in [0.1, 0.15) is 0 Å². The molecule has 0 amide bonds. The number of benzene rings is 6. The van der Waals surface area contributed by atoms with Crippen LogP contribution in [0, 0.1) is 0 Å². The lowest BCUT2D eigenvalue weighted by molar-refractivity contribution is 1.47. The lowest BCUT2D eigenvalue weighted by Crippen LogP contribution is -2.26.